The Morgan fingerprint density at radius 2 is 1.88 bits per heavy atom. The van der Waals surface area contributed by atoms with E-state index in [2.05, 4.69) is 26.7 Å². The van der Waals surface area contributed by atoms with Crippen LogP contribution < -0.4 is 10.6 Å². The minimum atomic E-state index is -0.380. The number of carbonyl (C=O) groups is 1. The molecule has 3 aromatic rings. The minimum Gasteiger partial charge on any atom is -0.366 e. The van der Waals surface area contributed by atoms with Crippen molar-refractivity contribution in [3.8, 4) is 0 Å². The first-order valence-corrected chi connectivity index (χ1v) is 8.25. The molecule has 6 heteroatoms. The van der Waals surface area contributed by atoms with Crippen molar-refractivity contribution in [2.75, 3.05) is 5.32 Å². The van der Waals surface area contributed by atoms with Gasteiger partial charge in [-0.1, -0.05) is 48.0 Å². The lowest BCUT2D eigenvalue weighted by Gasteiger charge is -2.08. The third-order valence-electron chi connectivity index (χ3n) is 3.85. The molecule has 0 atom stereocenters. The highest BCUT2D eigenvalue weighted by atomic mass is 19.1. The van der Waals surface area contributed by atoms with Crippen LogP contribution in [0.3, 0.4) is 0 Å². The Labute approximate surface area is 151 Å². The Balaban J connectivity index is 1.61. The van der Waals surface area contributed by atoms with Crippen LogP contribution in [0.15, 0.2) is 60.9 Å². The molecule has 2 N–H and O–H groups in total. The quantitative estimate of drug-likeness (QED) is 0.714. The SMILES string of the molecule is Cc1cccc(CNc2cc(C(=O)NCc3ccccc3F)ncn2)c1. The van der Waals surface area contributed by atoms with Gasteiger partial charge in [0.25, 0.3) is 5.91 Å². The maximum Gasteiger partial charge on any atom is 0.270 e. The number of halogens is 1. The van der Waals surface area contributed by atoms with Crippen molar-refractivity contribution < 1.29 is 9.18 Å². The Hall–Kier alpha value is -3.28. The van der Waals surface area contributed by atoms with Crippen LogP contribution >= 0.6 is 0 Å². The summed E-state index contributed by atoms with van der Waals surface area (Å²) >= 11 is 0. The Bertz CT molecular complexity index is 914. The van der Waals surface area contributed by atoms with Crippen LogP contribution in [0.5, 0.6) is 0 Å². The van der Waals surface area contributed by atoms with Crippen molar-refractivity contribution in [2.45, 2.75) is 20.0 Å². The lowest BCUT2D eigenvalue weighted by atomic mass is 10.1. The maximum atomic E-state index is 13.6. The van der Waals surface area contributed by atoms with Gasteiger partial charge in [0, 0.05) is 24.7 Å². The highest BCUT2D eigenvalue weighted by Crippen LogP contribution is 2.10. The number of anilines is 1. The molecule has 0 spiro atoms. The van der Waals surface area contributed by atoms with E-state index in [0.29, 0.717) is 17.9 Å². The highest BCUT2D eigenvalue weighted by Gasteiger charge is 2.10. The number of aryl methyl sites for hydroxylation is 1. The summed E-state index contributed by atoms with van der Waals surface area (Å²) in [4.78, 5) is 20.4. The Kier molecular flexibility index (Phi) is 5.53. The van der Waals surface area contributed by atoms with Crippen LogP contribution in [-0.2, 0) is 13.1 Å². The third-order valence-corrected chi connectivity index (χ3v) is 3.85. The van der Waals surface area contributed by atoms with E-state index in [-0.39, 0.29) is 24.0 Å². The van der Waals surface area contributed by atoms with Gasteiger partial charge in [0.1, 0.15) is 23.7 Å². The summed E-state index contributed by atoms with van der Waals surface area (Å²) in [5.41, 5.74) is 2.95. The average molecular weight is 350 g/mol. The second-order valence-corrected chi connectivity index (χ2v) is 5.91. The van der Waals surface area contributed by atoms with E-state index in [1.54, 1.807) is 24.3 Å². The monoisotopic (exact) mass is 350 g/mol. The zero-order valence-corrected chi connectivity index (χ0v) is 14.4. The van der Waals surface area contributed by atoms with Gasteiger partial charge >= 0.3 is 0 Å². The molecule has 0 aliphatic carbocycles. The smallest absolute Gasteiger partial charge is 0.270 e. The molecular weight excluding hydrogens is 331 g/mol. The molecule has 0 saturated heterocycles. The second kappa shape index (κ2) is 8.20. The predicted octanol–water partition coefficient (Wildman–Crippen LogP) is 3.47. The van der Waals surface area contributed by atoms with Crippen molar-refractivity contribution >= 4 is 11.7 Å². The van der Waals surface area contributed by atoms with Crippen LogP contribution in [0.4, 0.5) is 10.2 Å². The van der Waals surface area contributed by atoms with Gasteiger partial charge in [-0.15, -0.1) is 0 Å². The summed E-state index contributed by atoms with van der Waals surface area (Å²) in [7, 11) is 0. The molecule has 0 fully saturated rings. The summed E-state index contributed by atoms with van der Waals surface area (Å²) in [6, 6.07) is 16.0. The molecule has 1 amide bonds. The molecule has 0 bridgehead atoms. The average Bonchev–Trinajstić information content (AvgIpc) is 2.66. The van der Waals surface area contributed by atoms with Gasteiger partial charge in [-0.05, 0) is 18.6 Å². The van der Waals surface area contributed by atoms with Crippen LogP contribution in [0, 0.1) is 12.7 Å². The topological polar surface area (TPSA) is 66.9 Å². The van der Waals surface area contributed by atoms with Crippen molar-refractivity contribution in [3.05, 3.63) is 89.1 Å². The van der Waals surface area contributed by atoms with E-state index in [4.69, 9.17) is 0 Å². The predicted molar refractivity (Wildman–Crippen MR) is 98.1 cm³/mol. The summed E-state index contributed by atoms with van der Waals surface area (Å²) in [5, 5.41) is 5.84. The molecule has 0 aliphatic rings. The van der Waals surface area contributed by atoms with E-state index in [1.165, 1.54) is 18.0 Å². The van der Waals surface area contributed by atoms with E-state index >= 15 is 0 Å². The molecule has 2 aromatic carbocycles. The van der Waals surface area contributed by atoms with Gasteiger partial charge in [-0.2, -0.15) is 0 Å². The number of hydrogen-bond donors (Lipinski definition) is 2. The van der Waals surface area contributed by atoms with E-state index < -0.39 is 0 Å². The number of nitrogens with one attached hydrogen (secondary N) is 2. The fourth-order valence-electron chi connectivity index (χ4n) is 2.50. The van der Waals surface area contributed by atoms with Crippen molar-refractivity contribution in [2.24, 2.45) is 0 Å². The van der Waals surface area contributed by atoms with Crippen molar-refractivity contribution in [1.82, 2.24) is 15.3 Å². The number of benzene rings is 2. The number of aromatic nitrogens is 2. The zero-order valence-electron chi connectivity index (χ0n) is 14.4. The molecular formula is C20H19FN4O. The first kappa shape index (κ1) is 17.5. The van der Waals surface area contributed by atoms with Gasteiger partial charge < -0.3 is 10.6 Å². The Morgan fingerprint density at radius 3 is 2.69 bits per heavy atom. The molecule has 0 radical (unpaired) electrons. The fourth-order valence-corrected chi connectivity index (χ4v) is 2.50. The van der Waals surface area contributed by atoms with Gasteiger partial charge in [0.15, 0.2) is 0 Å². The van der Waals surface area contributed by atoms with E-state index in [1.807, 2.05) is 25.1 Å². The molecule has 0 unspecified atom stereocenters. The number of carbonyl (C=O) groups excluding carboxylic acids is 1. The van der Waals surface area contributed by atoms with E-state index in [0.717, 1.165) is 5.56 Å². The van der Waals surface area contributed by atoms with Crippen LogP contribution in [0.2, 0.25) is 0 Å². The summed E-state index contributed by atoms with van der Waals surface area (Å²) in [5.74, 6) is -0.178. The Morgan fingerprint density at radius 1 is 1.04 bits per heavy atom. The first-order chi connectivity index (χ1) is 12.6. The van der Waals surface area contributed by atoms with Gasteiger partial charge in [0.2, 0.25) is 0 Å². The standard InChI is InChI=1S/C20H19FN4O/c1-14-5-4-6-15(9-14)11-22-19-10-18(24-13-25-19)20(26)23-12-16-7-2-3-8-17(16)21/h2-10,13H,11-12H2,1H3,(H,23,26)(H,22,24,25). The number of rotatable bonds is 6. The van der Waals surface area contributed by atoms with Gasteiger partial charge in [-0.25, -0.2) is 14.4 Å². The first-order valence-electron chi connectivity index (χ1n) is 8.25. The highest BCUT2D eigenvalue weighted by molar-refractivity contribution is 5.92. The van der Waals surface area contributed by atoms with Crippen LogP contribution in [0.1, 0.15) is 27.2 Å². The molecule has 1 aromatic heterocycles. The largest absolute Gasteiger partial charge is 0.366 e. The maximum absolute atomic E-state index is 13.6. The minimum absolute atomic E-state index is 0.0988. The van der Waals surface area contributed by atoms with Crippen molar-refractivity contribution in [1.29, 1.82) is 0 Å². The molecule has 0 saturated carbocycles. The number of amides is 1. The summed E-state index contributed by atoms with van der Waals surface area (Å²) < 4.78 is 13.6. The fraction of sp³-hybridized carbons (Fsp3) is 0.150. The molecule has 3 rings (SSSR count). The van der Waals surface area contributed by atoms with Crippen LogP contribution in [-0.4, -0.2) is 15.9 Å². The molecule has 5 nitrogen and oxygen atoms in total. The third kappa shape index (κ3) is 4.63. The zero-order chi connectivity index (χ0) is 18.4. The number of hydrogen-bond acceptors (Lipinski definition) is 4. The lowest BCUT2D eigenvalue weighted by molar-refractivity contribution is 0.0945. The molecule has 0 aliphatic heterocycles. The molecule has 132 valence electrons. The normalized spacial score (nSPS) is 10.4. The molecule has 26 heavy (non-hydrogen) atoms. The van der Waals surface area contributed by atoms with Crippen LogP contribution in [0.25, 0.3) is 0 Å². The number of nitrogens with zero attached hydrogens (tertiary/aromatic N) is 2. The van der Waals surface area contributed by atoms with E-state index in [9.17, 15) is 9.18 Å². The summed E-state index contributed by atoms with van der Waals surface area (Å²) in [6.45, 7) is 2.72. The summed E-state index contributed by atoms with van der Waals surface area (Å²) in [6.07, 6.45) is 1.33. The van der Waals surface area contributed by atoms with Crippen molar-refractivity contribution in [3.63, 3.8) is 0 Å². The lowest BCUT2D eigenvalue weighted by Crippen LogP contribution is -2.24. The van der Waals surface area contributed by atoms with Gasteiger partial charge in [-0.3, -0.25) is 4.79 Å². The van der Waals surface area contributed by atoms with Gasteiger partial charge in [0.05, 0.1) is 0 Å². The second-order valence-electron chi connectivity index (χ2n) is 5.91. The molecule has 1 heterocycles.